The summed E-state index contributed by atoms with van der Waals surface area (Å²) in [6.45, 7) is 1.89. The van der Waals surface area contributed by atoms with Crippen molar-refractivity contribution in [2.75, 3.05) is 0 Å². The maximum atomic E-state index is 13.2. The summed E-state index contributed by atoms with van der Waals surface area (Å²) >= 11 is 1.37. The first kappa shape index (κ1) is 12.1. The molecular weight excluding hydrogens is 239 g/mol. The summed E-state index contributed by atoms with van der Waals surface area (Å²) in [4.78, 5) is 4.95. The molecule has 17 heavy (non-hydrogen) atoms. The lowest BCUT2D eigenvalue weighted by Crippen LogP contribution is -2.18. The van der Waals surface area contributed by atoms with Crippen LogP contribution >= 0.6 is 11.8 Å². The molecule has 2 aromatic rings. The maximum Gasteiger partial charge on any atom is 0.260 e. The van der Waals surface area contributed by atoms with E-state index in [0.29, 0.717) is 11.6 Å². The summed E-state index contributed by atoms with van der Waals surface area (Å²) in [5.74, 6) is -0.252. The van der Waals surface area contributed by atoms with Crippen LogP contribution in [-0.2, 0) is 6.42 Å². The van der Waals surface area contributed by atoms with Gasteiger partial charge in [0.15, 0.2) is 0 Å². The Bertz CT molecular complexity index is 485. The van der Waals surface area contributed by atoms with Gasteiger partial charge >= 0.3 is 0 Å². The molecule has 1 heterocycles. The summed E-state index contributed by atoms with van der Waals surface area (Å²) in [5.41, 5.74) is 6.62. The lowest BCUT2D eigenvalue weighted by molar-refractivity contribution is 0.454. The van der Waals surface area contributed by atoms with Crippen molar-refractivity contribution in [2.24, 2.45) is 5.73 Å². The van der Waals surface area contributed by atoms with Gasteiger partial charge in [-0.2, -0.15) is 0 Å². The second-order valence-electron chi connectivity index (χ2n) is 3.83. The van der Waals surface area contributed by atoms with Gasteiger partial charge in [0.25, 0.3) is 5.22 Å². The van der Waals surface area contributed by atoms with E-state index in [4.69, 9.17) is 10.2 Å². The minimum Gasteiger partial charge on any atom is -0.440 e. The lowest BCUT2D eigenvalue weighted by atomic mass is 10.1. The van der Waals surface area contributed by atoms with Gasteiger partial charge < -0.3 is 10.2 Å². The molecule has 1 aromatic heterocycles. The van der Waals surface area contributed by atoms with Gasteiger partial charge in [-0.3, -0.25) is 0 Å². The monoisotopic (exact) mass is 252 g/mol. The number of oxazole rings is 1. The van der Waals surface area contributed by atoms with Crippen LogP contribution in [0.5, 0.6) is 0 Å². The molecule has 0 saturated carbocycles. The summed E-state index contributed by atoms with van der Waals surface area (Å²) in [5, 5.41) is 0.544. The molecule has 1 atom stereocenters. The summed E-state index contributed by atoms with van der Waals surface area (Å²) < 4.78 is 18.3. The summed E-state index contributed by atoms with van der Waals surface area (Å²) in [7, 11) is 0. The molecule has 0 aliphatic heterocycles. The highest BCUT2D eigenvalue weighted by Crippen LogP contribution is 2.30. The molecule has 0 bridgehead atoms. The van der Waals surface area contributed by atoms with E-state index < -0.39 is 0 Å². The molecule has 0 amide bonds. The zero-order valence-corrected chi connectivity index (χ0v) is 10.2. The van der Waals surface area contributed by atoms with Gasteiger partial charge in [-0.1, -0.05) is 0 Å². The number of hydrogen-bond acceptors (Lipinski definition) is 4. The molecule has 5 heteroatoms. The molecule has 1 unspecified atom stereocenters. The fraction of sp³-hybridized carbons (Fsp3) is 0.250. The number of benzene rings is 1. The molecule has 2 rings (SSSR count). The molecule has 90 valence electrons. The van der Waals surface area contributed by atoms with Gasteiger partial charge in [0, 0.05) is 10.9 Å². The Balaban J connectivity index is 2.25. The van der Waals surface area contributed by atoms with Crippen LogP contribution in [-0.4, -0.2) is 11.0 Å². The Kier molecular flexibility index (Phi) is 3.81. The van der Waals surface area contributed by atoms with Crippen LogP contribution in [0.4, 0.5) is 4.39 Å². The number of halogens is 1. The zero-order valence-electron chi connectivity index (χ0n) is 9.39. The van der Waals surface area contributed by atoms with Crippen molar-refractivity contribution in [2.45, 2.75) is 29.5 Å². The van der Waals surface area contributed by atoms with E-state index in [1.165, 1.54) is 30.2 Å². The van der Waals surface area contributed by atoms with E-state index in [2.05, 4.69) is 4.98 Å². The van der Waals surface area contributed by atoms with Crippen LogP contribution in [0.15, 0.2) is 45.2 Å². The molecular formula is C12H13FN2OS. The van der Waals surface area contributed by atoms with E-state index in [0.717, 1.165) is 10.5 Å². The predicted octanol–water partition coefficient (Wildman–Crippen LogP) is 2.85. The molecule has 2 N–H and O–H groups in total. The Morgan fingerprint density at radius 2 is 2.35 bits per heavy atom. The van der Waals surface area contributed by atoms with E-state index in [-0.39, 0.29) is 11.9 Å². The van der Waals surface area contributed by atoms with Crippen molar-refractivity contribution < 1.29 is 8.81 Å². The van der Waals surface area contributed by atoms with Gasteiger partial charge in [0.1, 0.15) is 12.1 Å². The Labute approximate surface area is 103 Å². The number of rotatable bonds is 4. The molecule has 0 aliphatic carbocycles. The third kappa shape index (κ3) is 3.31. The molecule has 0 aliphatic rings. The van der Waals surface area contributed by atoms with Crippen molar-refractivity contribution in [3.8, 4) is 0 Å². The Morgan fingerprint density at radius 3 is 3.00 bits per heavy atom. The second-order valence-corrected chi connectivity index (χ2v) is 4.83. The normalized spacial score (nSPS) is 12.6. The molecule has 3 nitrogen and oxygen atoms in total. The SMILES string of the molecule is CC(N)Cc1cc(F)ccc1Sc1ncco1. The van der Waals surface area contributed by atoms with Gasteiger partial charge in [-0.25, -0.2) is 9.37 Å². The van der Waals surface area contributed by atoms with Crippen molar-refractivity contribution >= 4 is 11.8 Å². The minimum atomic E-state index is -0.252. The third-order valence-corrected chi connectivity index (χ3v) is 3.17. The largest absolute Gasteiger partial charge is 0.440 e. The quantitative estimate of drug-likeness (QED) is 0.909. The minimum absolute atomic E-state index is 0.0132. The van der Waals surface area contributed by atoms with Crippen LogP contribution in [0.2, 0.25) is 0 Å². The number of hydrogen-bond donors (Lipinski definition) is 1. The first-order valence-electron chi connectivity index (χ1n) is 5.26. The first-order valence-corrected chi connectivity index (χ1v) is 6.08. The van der Waals surface area contributed by atoms with E-state index in [9.17, 15) is 4.39 Å². The van der Waals surface area contributed by atoms with E-state index in [1.54, 1.807) is 12.3 Å². The molecule has 0 saturated heterocycles. The van der Waals surface area contributed by atoms with Crippen molar-refractivity contribution in [3.05, 3.63) is 42.0 Å². The van der Waals surface area contributed by atoms with Crippen LogP contribution in [0.25, 0.3) is 0 Å². The highest BCUT2D eigenvalue weighted by atomic mass is 32.2. The lowest BCUT2D eigenvalue weighted by Gasteiger charge is -2.10. The van der Waals surface area contributed by atoms with Crippen LogP contribution < -0.4 is 5.73 Å². The number of nitrogens with two attached hydrogens (primary N) is 1. The summed E-state index contributed by atoms with van der Waals surface area (Å²) in [6.07, 6.45) is 3.72. The average Bonchev–Trinajstić information content (AvgIpc) is 2.74. The van der Waals surface area contributed by atoms with Crippen LogP contribution in [0.3, 0.4) is 0 Å². The van der Waals surface area contributed by atoms with E-state index >= 15 is 0 Å². The molecule has 1 aromatic carbocycles. The highest BCUT2D eigenvalue weighted by molar-refractivity contribution is 7.99. The van der Waals surface area contributed by atoms with E-state index in [1.807, 2.05) is 6.92 Å². The number of nitrogens with zero attached hydrogens (tertiary/aromatic N) is 1. The third-order valence-electron chi connectivity index (χ3n) is 2.17. The smallest absolute Gasteiger partial charge is 0.260 e. The maximum absolute atomic E-state index is 13.2. The predicted molar refractivity (Wildman–Crippen MR) is 64.4 cm³/mol. The highest BCUT2D eigenvalue weighted by Gasteiger charge is 2.10. The molecule has 0 radical (unpaired) electrons. The first-order chi connectivity index (χ1) is 8.15. The summed E-state index contributed by atoms with van der Waals surface area (Å²) in [6, 6.07) is 4.65. The van der Waals surface area contributed by atoms with Crippen molar-refractivity contribution in [1.82, 2.24) is 4.98 Å². The fourth-order valence-corrected chi connectivity index (χ4v) is 2.32. The fourth-order valence-electron chi connectivity index (χ4n) is 1.51. The van der Waals surface area contributed by atoms with Crippen LogP contribution in [0.1, 0.15) is 12.5 Å². The molecule has 0 spiro atoms. The van der Waals surface area contributed by atoms with Gasteiger partial charge in [0.2, 0.25) is 0 Å². The van der Waals surface area contributed by atoms with Gasteiger partial charge in [-0.05, 0) is 48.9 Å². The second kappa shape index (κ2) is 5.33. The number of aromatic nitrogens is 1. The van der Waals surface area contributed by atoms with Gasteiger partial charge in [0.05, 0.1) is 6.20 Å². The average molecular weight is 252 g/mol. The van der Waals surface area contributed by atoms with Crippen molar-refractivity contribution in [3.63, 3.8) is 0 Å². The van der Waals surface area contributed by atoms with Crippen LogP contribution in [0, 0.1) is 5.82 Å². The molecule has 0 fully saturated rings. The van der Waals surface area contributed by atoms with Gasteiger partial charge in [-0.15, -0.1) is 0 Å². The topological polar surface area (TPSA) is 52.0 Å². The van der Waals surface area contributed by atoms with Crippen molar-refractivity contribution in [1.29, 1.82) is 0 Å². The Morgan fingerprint density at radius 1 is 1.53 bits per heavy atom. The standard InChI is InChI=1S/C12H13FN2OS/c1-8(14)6-9-7-10(13)2-3-11(9)17-12-15-4-5-16-12/h2-5,7-8H,6,14H2,1H3. The Hall–Kier alpha value is -1.33. The zero-order chi connectivity index (χ0) is 12.3.